The summed E-state index contributed by atoms with van der Waals surface area (Å²) in [6, 6.07) is 21.8. The van der Waals surface area contributed by atoms with E-state index in [0.29, 0.717) is 0 Å². The lowest BCUT2D eigenvalue weighted by atomic mass is 10.0. The summed E-state index contributed by atoms with van der Waals surface area (Å²) in [5.74, 6) is 0. The van der Waals surface area contributed by atoms with E-state index in [1.165, 1.54) is 41.8 Å². The van der Waals surface area contributed by atoms with Gasteiger partial charge in [-0.05, 0) is 51.3 Å². The van der Waals surface area contributed by atoms with E-state index in [0.717, 1.165) is 0 Å². The van der Waals surface area contributed by atoms with Crippen molar-refractivity contribution in [2.24, 2.45) is 0 Å². The van der Waals surface area contributed by atoms with Gasteiger partial charge in [0.05, 0.1) is 9.75 Å². The van der Waals surface area contributed by atoms with Gasteiger partial charge in [-0.2, -0.15) is 0 Å². The molecule has 0 saturated carbocycles. The van der Waals surface area contributed by atoms with E-state index < -0.39 is 0 Å². The third-order valence-electron chi connectivity index (χ3n) is 4.32. The molecule has 126 valence electrons. The first-order valence-corrected chi connectivity index (χ1v) is 11.8. The van der Waals surface area contributed by atoms with Crippen LogP contribution in [0.1, 0.15) is 0 Å². The molecule has 0 amide bonds. The van der Waals surface area contributed by atoms with Gasteiger partial charge in [0.25, 0.3) is 0 Å². The maximum Gasteiger partial charge on any atom is 0.0535 e. The van der Waals surface area contributed by atoms with Gasteiger partial charge in [0.2, 0.25) is 0 Å². The molecule has 0 bridgehead atoms. The highest BCUT2D eigenvalue weighted by Crippen LogP contribution is 2.48. The first-order valence-electron chi connectivity index (χ1n) is 8.24. The van der Waals surface area contributed by atoms with Crippen molar-refractivity contribution < 1.29 is 0 Å². The molecule has 0 radical (unpaired) electrons. The lowest BCUT2D eigenvalue weighted by Crippen LogP contribution is -1.80. The zero-order valence-corrected chi connectivity index (χ0v) is 17.0. The second kappa shape index (κ2) is 6.97. The van der Waals surface area contributed by atoms with Gasteiger partial charge in [0.15, 0.2) is 0 Å². The summed E-state index contributed by atoms with van der Waals surface area (Å²) in [7, 11) is 0. The third kappa shape index (κ3) is 2.79. The molecule has 0 nitrogen and oxygen atoms in total. The van der Waals surface area contributed by atoms with Gasteiger partial charge in [-0.25, -0.2) is 0 Å². The molecule has 5 rings (SSSR count). The summed E-state index contributed by atoms with van der Waals surface area (Å²) in [6.45, 7) is 0. The molecule has 0 aliphatic carbocycles. The molecule has 0 N–H and O–H groups in total. The van der Waals surface area contributed by atoms with Crippen molar-refractivity contribution in [1.29, 1.82) is 0 Å². The van der Waals surface area contributed by atoms with Crippen LogP contribution < -0.4 is 0 Å². The van der Waals surface area contributed by atoms with E-state index in [1.807, 2.05) is 45.3 Å². The number of hydrogen-bond acceptors (Lipinski definition) is 4. The fourth-order valence-electron chi connectivity index (χ4n) is 3.14. The summed E-state index contributed by atoms with van der Waals surface area (Å²) >= 11 is 7.32. The van der Waals surface area contributed by atoms with Gasteiger partial charge in [0, 0.05) is 26.4 Å². The van der Waals surface area contributed by atoms with Crippen molar-refractivity contribution in [2.45, 2.75) is 0 Å². The summed E-state index contributed by atoms with van der Waals surface area (Å²) in [6.07, 6.45) is 0. The van der Waals surface area contributed by atoms with E-state index in [2.05, 4.69) is 82.2 Å². The number of thiophene rings is 4. The topological polar surface area (TPSA) is 0 Å². The van der Waals surface area contributed by atoms with E-state index >= 15 is 0 Å². The lowest BCUT2D eigenvalue weighted by molar-refractivity contribution is 1.67. The molecule has 0 aliphatic rings. The van der Waals surface area contributed by atoms with Gasteiger partial charge in [0.1, 0.15) is 0 Å². The SMILES string of the molecule is c1ccc(-c2ccsc2-c2sccc2-c2sccc2-c2cccs2)cc1. The molecule has 26 heavy (non-hydrogen) atoms. The predicted octanol–water partition coefficient (Wildman–Crippen LogP) is 8.60. The van der Waals surface area contributed by atoms with Crippen molar-refractivity contribution in [2.75, 3.05) is 0 Å². The van der Waals surface area contributed by atoms with Crippen molar-refractivity contribution in [1.82, 2.24) is 0 Å². The minimum absolute atomic E-state index is 1.28. The van der Waals surface area contributed by atoms with E-state index in [-0.39, 0.29) is 0 Å². The van der Waals surface area contributed by atoms with Crippen LogP contribution in [0.3, 0.4) is 0 Å². The molecule has 0 atom stereocenters. The second-order valence-corrected chi connectivity index (χ2v) is 9.53. The normalized spacial score (nSPS) is 11.1. The first kappa shape index (κ1) is 16.2. The maximum absolute atomic E-state index is 2.28. The van der Waals surface area contributed by atoms with Crippen molar-refractivity contribution in [3.63, 3.8) is 0 Å². The monoisotopic (exact) mass is 406 g/mol. The summed E-state index contributed by atoms with van der Waals surface area (Å²) < 4.78 is 0. The zero-order valence-electron chi connectivity index (χ0n) is 13.7. The second-order valence-electron chi connectivity index (χ2n) is 5.83. The lowest BCUT2D eigenvalue weighted by Gasteiger charge is -2.07. The predicted molar refractivity (Wildman–Crippen MR) is 120 cm³/mol. The standard InChI is InChI=1S/C22H14S4/c1-2-5-15(6-3-1)16-8-12-25-21(16)22-18(10-14-26-22)20-17(9-13-24-20)19-7-4-11-23-19/h1-14H. The Bertz CT molecular complexity index is 1120. The van der Waals surface area contributed by atoms with Gasteiger partial charge >= 0.3 is 0 Å². The number of benzene rings is 1. The third-order valence-corrected chi connectivity index (χ3v) is 8.16. The molecular weight excluding hydrogens is 393 g/mol. The number of hydrogen-bond donors (Lipinski definition) is 0. The molecule has 4 heteroatoms. The van der Waals surface area contributed by atoms with Gasteiger partial charge in [-0.1, -0.05) is 36.4 Å². The molecule has 0 spiro atoms. The van der Waals surface area contributed by atoms with Crippen molar-refractivity contribution >= 4 is 45.3 Å². The average Bonchev–Trinajstić information content (AvgIpc) is 3.48. The van der Waals surface area contributed by atoms with Crippen LogP contribution in [0.4, 0.5) is 0 Å². The van der Waals surface area contributed by atoms with Crippen LogP contribution in [0.25, 0.3) is 41.8 Å². The highest BCUT2D eigenvalue weighted by atomic mass is 32.1. The van der Waals surface area contributed by atoms with E-state index in [4.69, 9.17) is 0 Å². The Morgan fingerprint density at radius 2 is 1.08 bits per heavy atom. The maximum atomic E-state index is 2.28. The zero-order chi connectivity index (χ0) is 17.3. The molecule has 1 aromatic carbocycles. The summed E-state index contributed by atoms with van der Waals surface area (Å²) in [5, 5.41) is 8.78. The molecule has 0 saturated heterocycles. The average molecular weight is 407 g/mol. The Morgan fingerprint density at radius 3 is 1.81 bits per heavy atom. The van der Waals surface area contributed by atoms with Crippen LogP contribution in [0, 0.1) is 0 Å². The molecule has 0 aliphatic heterocycles. The Morgan fingerprint density at radius 1 is 0.423 bits per heavy atom. The molecule has 0 fully saturated rings. The van der Waals surface area contributed by atoms with Crippen LogP contribution >= 0.6 is 45.3 Å². The highest BCUT2D eigenvalue weighted by Gasteiger charge is 2.19. The Kier molecular flexibility index (Phi) is 4.35. The molecular formula is C22H14S4. The van der Waals surface area contributed by atoms with Gasteiger partial charge in [-0.15, -0.1) is 45.3 Å². The summed E-state index contributed by atoms with van der Waals surface area (Å²) in [4.78, 5) is 5.45. The largest absolute Gasteiger partial charge is 0.144 e. The van der Waals surface area contributed by atoms with E-state index in [9.17, 15) is 0 Å². The Labute approximate surface area is 168 Å². The fraction of sp³-hybridized carbons (Fsp3) is 0. The molecule has 5 aromatic rings. The Hall–Kier alpha value is -1.98. The van der Waals surface area contributed by atoms with Crippen LogP contribution in [0.2, 0.25) is 0 Å². The van der Waals surface area contributed by atoms with Crippen LogP contribution in [-0.2, 0) is 0 Å². The van der Waals surface area contributed by atoms with E-state index in [1.54, 1.807) is 0 Å². The van der Waals surface area contributed by atoms with Gasteiger partial charge < -0.3 is 0 Å². The minimum Gasteiger partial charge on any atom is -0.144 e. The summed E-state index contributed by atoms with van der Waals surface area (Å²) in [5.41, 5.74) is 5.32. The van der Waals surface area contributed by atoms with Crippen LogP contribution in [-0.4, -0.2) is 0 Å². The minimum atomic E-state index is 1.28. The highest BCUT2D eigenvalue weighted by molar-refractivity contribution is 7.22. The van der Waals surface area contributed by atoms with Crippen molar-refractivity contribution in [3.8, 4) is 41.8 Å². The molecule has 0 unspecified atom stereocenters. The van der Waals surface area contributed by atoms with Crippen LogP contribution in [0.15, 0.2) is 82.2 Å². The van der Waals surface area contributed by atoms with Gasteiger partial charge in [-0.3, -0.25) is 0 Å². The number of rotatable bonds is 4. The molecule has 4 heterocycles. The fourth-order valence-corrected chi connectivity index (χ4v) is 6.98. The first-order chi connectivity index (χ1) is 12.9. The van der Waals surface area contributed by atoms with Crippen LogP contribution in [0.5, 0.6) is 0 Å². The molecule has 4 aromatic heterocycles. The Balaban J connectivity index is 1.65. The quantitative estimate of drug-likeness (QED) is 0.280. The smallest absolute Gasteiger partial charge is 0.0535 e. The van der Waals surface area contributed by atoms with Crippen molar-refractivity contribution in [3.05, 3.63) is 82.2 Å².